The summed E-state index contributed by atoms with van der Waals surface area (Å²) in [5, 5.41) is -0.263. The van der Waals surface area contributed by atoms with Crippen LogP contribution in [0, 0.1) is 5.92 Å². The Labute approximate surface area is 79.4 Å². The Kier molecular flexibility index (Phi) is 2.61. The van der Waals surface area contributed by atoms with E-state index in [0.29, 0.717) is 5.92 Å². The van der Waals surface area contributed by atoms with Crippen molar-refractivity contribution in [1.29, 1.82) is 0 Å². The van der Waals surface area contributed by atoms with E-state index in [-0.39, 0.29) is 5.06 Å². The largest absolute Gasteiger partial charge is 0.359 e. The molecule has 1 heterocycles. The second-order valence-electron chi connectivity index (χ2n) is 4.07. The zero-order chi connectivity index (χ0) is 8.44. The van der Waals surface area contributed by atoms with Crippen molar-refractivity contribution in [2.45, 2.75) is 50.0 Å². The second kappa shape index (κ2) is 3.55. The Balaban J connectivity index is 1.96. The van der Waals surface area contributed by atoms with Gasteiger partial charge in [-0.1, -0.05) is 30.9 Å². The molecule has 70 valence electrons. The molecule has 0 amide bonds. The molecule has 0 bridgehead atoms. The first-order chi connectivity index (χ1) is 5.81. The third-order valence-corrected chi connectivity index (χ3v) is 3.83. The molecule has 1 nitrogen and oxygen atoms in total. The van der Waals surface area contributed by atoms with Crippen molar-refractivity contribution in [3.63, 3.8) is 0 Å². The predicted molar refractivity (Wildman–Crippen MR) is 50.3 cm³/mol. The zero-order valence-corrected chi connectivity index (χ0v) is 8.28. The number of halogens is 1. The Morgan fingerprint density at radius 2 is 1.83 bits per heavy atom. The number of hydrogen-bond donors (Lipinski definition) is 0. The average Bonchev–Trinajstić information content (AvgIpc) is 2.55. The van der Waals surface area contributed by atoms with Gasteiger partial charge in [0.2, 0.25) is 0 Å². The lowest BCUT2D eigenvalue weighted by Crippen LogP contribution is -2.32. The van der Waals surface area contributed by atoms with Gasteiger partial charge in [0, 0.05) is 12.5 Å². The van der Waals surface area contributed by atoms with Gasteiger partial charge in [-0.2, -0.15) is 0 Å². The lowest BCUT2D eigenvalue weighted by atomic mass is 9.84. The van der Waals surface area contributed by atoms with E-state index in [4.69, 9.17) is 16.3 Å². The minimum Gasteiger partial charge on any atom is -0.359 e. The summed E-state index contributed by atoms with van der Waals surface area (Å²) in [6, 6.07) is 0. The molecule has 1 atom stereocenters. The SMILES string of the molecule is ClC1(C2CCCCC2)CCCO1. The zero-order valence-electron chi connectivity index (χ0n) is 7.52. The molecule has 2 fully saturated rings. The van der Waals surface area contributed by atoms with Gasteiger partial charge >= 0.3 is 0 Å². The molecule has 0 aromatic heterocycles. The number of hydrogen-bond acceptors (Lipinski definition) is 1. The van der Waals surface area contributed by atoms with E-state index in [2.05, 4.69) is 0 Å². The molecule has 0 N–H and O–H groups in total. The first-order valence-electron chi connectivity index (χ1n) is 5.14. The van der Waals surface area contributed by atoms with Gasteiger partial charge in [0.1, 0.15) is 5.06 Å². The van der Waals surface area contributed by atoms with Crippen molar-refractivity contribution in [3.05, 3.63) is 0 Å². The standard InChI is InChI=1S/C10H17ClO/c11-10(7-4-8-12-10)9-5-2-1-3-6-9/h9H,1-8H2. The first-order valence-corrected chi connectivity index (χ1v) is 5.52. The smallest absolute Gasteiger partial charge is 0.144 e. The monoisotopic (exact) mass is 188 g/mol. The lowest BCUT2D eigenvalue weighted by Gasteiger charge is -2.33. The molecule has 0 aromatic carbocycles. The molecule has 1 unspecified atom stereocenters. The van der Waals surface area contributed by atoms with E-state index in [1.54, 1.807) is 0 Å². The van der Waals surface area contributed by atoms with Gasteiger partial charge in [0.15, 0.2) is 0 Å². The maximum Gasteiger partial charge on any atom is 0.144 e. The van der Waals surface area contributed by atoms with Crippen LogP contribution in [-0.2, 0) is 4.74 Å². The van der Waals surface area contributed by atoms with Gasteiger partial charge in [0.05, 0.1) is 0 Å². The Bertz CT molecular complexity index is 146. The van der Waals surface area contributed by atoms with Crippen LogP contribution in [0.15, 0.2) is 0 Å². The Morgan fingerprint density at radius 1 is 1.08 bits per heavy atom. The minimum absolute atomic E-state index is 0.263. The molecule has 1 saturated carbocycles. The van der Waals surface area contributed by atoms with Crippen LogP contribution in [0.5, 0.6) is 0 Å². The van der Waals surface area contributed by atoms with E-state index in [1.807, 2.05) is 0 Å². The minimum atomic E-state index is -0.263. The summed E-state index contributed by atoms with van der Waals surface area (Å²) in [7, 11) is 0. The van der Waals surface area contributed by atoms with E-state index in [0.717, 1.165) is 19.4 Å². The number of alkyl halides is 1. The Hall–Kier alpha value is 0.250. The summed E-state index contributed by atoms with van der Waals surface area (Å²) in [5.41, 5.74) is 0. The fourth-order valence-electron chi connectivity index (χ4n) is 2.48. The fraction of sp³-hybridized carbons (Fsp3) is 1.00. The van der Waals surface area contributed by atoms with Gasteiger partial charge in [-0.3, -0.25) is 0 Å². The van der Waals surface area contributed by atoms with Gasteiger partial charge in [0.25, 0.3) is 0 Å². The van der Waals surface area contributed by atoms with Gasteiger partial charge in [-0.25, -0.2) is 0 Å². The molecule has 2 rings (SSSR count). The van der Waals surface area contributed by atoms with Gasteiger partial charge in [-0.15, -0.1) is 0 Å². The van der Waals surface area contributed by atoms with E-state index >= 15 is 0 Å². The van der Waals surface area contributed by atoms with Crippen LogP contribution in [0.4, 0.5) is 0 Å². The topological polar surface area (TPSA) is 9.23 Å². The fourth-order valence-corrected chi connectivity index (χ4v) is 2.91. The molecule has 0 aromatic rings. The Morgan fingerprint density at radius 3 is 2.42 bits per heavy atom. The highest BCUT2D eigenvalue weighted by molar-refractivity contribution is 6.23. The summed E-state index contributed by atoms with van der Waals surface area (Å²) in [5.74, 6) is 0.635. The van der Waals surface area contributed by atoms with Crippen LogP contribution in [0.2, 0.25) is 0 Å². The summed E-state index contributed by atoms with van der Waals surface area (Å²) >= 11 is 6.43. The summed E-state index contributed by atoms with van der Waals surface area (Å²) < 4.78 is 5.65. The van der Waals surface area contributed by atoms with Crippen LogP contribution in [0.3, 0.4) is 0 Å². The maximum absolute atomic E-state index is 6.43. The molecule has 1 saturated heterocycles. The van der Waals surface area contributed by atoms with E-state index in [1.165, 1.54) is 32.1 Å². The molecule has 1 aliphatic heterocycles. The summed E-state index contributed by atoms with van der Waals surface area (Å²) in [6.45, 7) is 0.875. The summed E-state index contributed by atoms with van der Waals surface area (Å²) in [6.07, 6.45) is 8.88. The maximum atomic E-state index is 6.43. The summed E-state index contributed by atoms with van der Waals surface area (Å²) in [4.78, 5) is 0. The molecule has 1 aliphatic carbocycles. The third-order valence-electron chi connectivity index (χ3n) is 3.22. The van der Waals surface area contributed by atoms with Crippen molar-refractivity contribution in [2.24, 2.45) is 5.92 Å². The molecule has 0 radical (unpaired) electrons. The highest BCUT2D eigenvalue weighted by Gasteiger charge is 2.40. The van der Waals surface area contributed by atoms with E-state index < -0.39 is 0 Å². The first kappa shape index (κ1) is 8.83. The molecule has 2 heteroatoms. The van der Waals surface area contributed by atoms with Crippen LogP contribution in [0.25, 0.3) is 0 Å². The molecule has 2 aliphatic rings. The van der Waals surface area contributed by atoms with Crippen molar-refractivity contribution in [3.8, 4) is 0 Å². The average molecular weight is 189 g/mol. The van der Waals surface area contributed by atoms with Crippen LogP contribution in [-0.4, -0.2) is 11.7 Å². The highest BCUT2D eigenvalue weighted by atomic mass is 35.5. The molecule has 0 spiro atoms. The normalized spacial score (nSPS) is 38.8. The van der Waals surface area contributed by atoms with E-state index in [9.17, 15) is 0 Å². The van der Waals surface area contributed by atoms with Gasteiger partial charge in [-0.05, 0) is 25.7 Å². The third kappa shape index (κ3) is 1.62. The van der Waals surface area contributed by atoms with Crippen molar-refractivity contribution < 1.29 is 4.74 Å². The van der Waals surface area contributed by atoms with Crippen LogP contribution < -0.4 is 0 Å². The number of ether oxygens (including phenoxy) is 1. The number of rotatable bonds is 1. The molecule has 12 heavy (non-hydrogen) atoms. The second-order valence-corrected chi connectivity index (χ2v) is 4.71. The van der Waals surface area contributed by atoms with Gasteiger partial charge < -0.3 is 4.74 Å². The molecular formula is C10H17ClO. The van der Waals surface area contributed by atoms with Crippen molar-refractivity contribution in [2.75, 3.05) is 6.61 Å². The van der Waals surface area contributed by atoms with Crippen molar-refractivity contribution >= 4 is 11.6 Å². The van der Waals surface area contributed by atoms with Crippen LogP contribution in [0.1, 0.15) is 44.9 Å². The quantitative estimate of drug-likeness (QED) is 0.574. The lowest BCUT2D eigenvalue weighted by molar-refractivity contribution is 0.0119. The van der Waals surface area contributed by atoms with Crippen LogP contribution >= 0.6 is 11.6 Å². The predicted octanol–water partition coefficient (Wildman–Crippen LogP) is 3.31. The highest BCUT2D eigenvalue weighted by Crippen LogP contribution is 2.43. The van der Waals surface area contributed by atoms with Crippen molar-refractivity contribution in [1.82, 2.24) is 0 Å². The molecular weight excluding hydrogens is 172 g/mol.